The Kier molecular flexibility index (Phi) is 18.5. The van der Waals surface area contributed by atoms with Crippen LogP contribution in [0.25, 0.3) is 0 Å². The molecule has 0 aliphatic carbocycles. The minimum absolute atomic E-state index is 0.000697. The van der Waals surface area contributed by atoms with Crippen LogP contribution in [0, 0.1) is 0 Å². The summed E-state index contributed by atoms with van der Waals surface area (Å²) in [6.07, 6.45) is 22.7. The van der Waals surface area contributed by atoms with Crippen LogP contribution in [0.4, 0.5) is 0 Å². The van der Waals surface area contributed by atoms with Crippen LogP contribution in [0.3, 0.4) is 0 Å². The fourth-order valence-corrected chi connectivity index (χ4v) is 2.28. The van der Waals surface area contributed by atoms with Crippen molar-refractivity contribution in [2.24, 2.45) is 0 Å². The van der Waals surface area contributed by atoms with E-state index < -0.39 is 6.10 Å². The van der Waals surface area contributed by atoms with E-state index in [1.807, 2.05) is 0 Å². The Hall–Kier alpha value is -1.06. The van der Waals surface area contributed by atoms with Crippen LogP contribution in [0.15, 0.2) is 36.5 Å². The molecule has 0 radical (unpaired) electrons. The normalized spacial score (nSPS) is 13.2. The fourth-order valence-electron chi connectivity index (χ4n) is 2.19. The number of aliphatic hydroxyl groups is 1. The van der Waals surface area contributed by atoms with E-state index in [2.05, 4.69) is 43.4 Å². The number of aliphatic hydroxyl groups excluding tert-OH is 1. The lowest BCUT2D eigenvalue weighted by molar-refractivity contribution is -0.146. The number of hydrogen-bond donors (Lipinski definition) is 1. The van der Waals surface area contributed by atoms with Gasteiger partial charge in [0.25, 0.3) is 0 Å². The van der Waals surface area contributed by atoms with E-state index in [-0.39, 0.29) is 18.5 Å². The molecule has 25 heavy (non-hydrogen) atoms. The second-order valence-electron chi connectivity index (χ2n) is 6.09. The molecule has 0 rings (SSSR count). The van der Waals surface area contributed by atoms with Gasteiger partial charge in [-0.2, -0.15) is 0 Å². The van der Waals surface area contributed by atoms with Crippen LogP contribution < -0.4 is 0 Å². The summed E-state index contributed by atoms with van der Waals surface area (Å²) >= 11 is 5.43. The van der Waals surface area contributed by atoms with Gasteiger partial charge in [-0.3, -0.25) is 4.79 Å². The maximum Gasteiger partial charge on any atom is 0.305 e. The Morgan fingerprint density at radius 1 is 0.960 bits per heavy atom. The molecule has 3 nitrogen and oxygen atoms in total. The molecule has 0 fully saturated rings. The molecular formula is C21H35ClO3. The first-order valence-electron chi connectivity index (χ1n) is 9.55. The van der Waals surface area contributed by atoms with Gasteiger partial charge >= 0.3 is 5.97 Å². The molecule has 0 saturated carbocycles. The van der Waals surface area contributed by atoms with Crippen LogP contribution in [0.5, 0.6) is 0 Å². The van der Waals surface area contributed by atoms with Crippen molar-refractivity contribution in [2.45, 2.75) is 77.2 Å². The van der Waals surface area contributed by atoms with E-state index in [0.29, 0.717) is 6.42 Å². The van der Waals surface area contributed by atoms with Gasteiger partial charge in [0, 0.05) is 6.42 Å². The van der Waals surface area contributed by atoms with Crippen molar-refractivity contribution in [3.8, 4) is 0 Å². The van der Waals surface area contributed by atoms with Crippen molar-refractivity contribution >= 4 is 17.6 Å². The second-order valence-corrected chi connectivity index (χ2v) is 6.40. The average Bonchev–Trinajstić information content (AvgIpc) is 2.62. The van der Waals surface area contributed by atoms with Gasteiger partial charge < -0.3 is 9.84 Å². The number of ether oxygens (including phenoxy) is 1. The molecule has 0 aromatic heterocycles. The number of rotatable bonds is 16. The number of allylic oxidation sites excluding steroid dienone is 6. The van der Waals surface area contributed by atoms with Crippen LogP contribution in [0.1, 0.15) is 71.1 Å². The standard InChI is InChI=1S/C21H35ClO3/c1-2-3-4-5-6-7-8-9-10-11-12-13-14-15-16-17-21(24)25-19-20(23)18-22/h3-4,6-7,9-10,20,23H,2,5,8,11-19H2,1H3/b4-3+,7-6+,10-9+. The molecule has 0 spiro atoms. The highest BCUT2D eigenvalue weighted by molar-refractivity contribution is 6.18. The Morgan fingerprint density at radius 3 is 2.24 bits per heavy atom. The molecule has 4 heteroatoms. The molecule has 0 aliphatic heterocycles. The molecule has 0 aromatic carbocycles. The summed E-state index contributed by atoms with van der Waals surface area (Å²) in [7, 11) is 0. The lowest BCUT2D eigenvalue weighted by atomic mass is 10.1. The van der Waals surface area contributed by atoms with Crippen molar-refractivity contribution in [3.63, 3.8) is 0 Å². The van der Waals surface area contributed by atoms with Crippen molar-refractivity contribution in [1.82, 2.24) is 0 Å². The van der Waals surface area contributed by atoms with Gasteiger partial charge in [0.15, 0.2) is 0 Å². The first-order valence-corrected chi connectivity index (χ1v) is 10.1. The maximum absolute atomic E-state index is 11.4. The summed E-state index contributed by atoms with van der Waals surface area (Å²) in [5, 5.41) is 9.19. The van der Waals surface area contributed by atoms with Crippen LogP contribution >= 0.6 is 11.6 Å². The van der Waals surface area contributed by atoms with Gasteiger partial charge in [-0.1, -0.05) is 62.6 Å². The zero-order valence-electron chi connectivity index (χ0n) is 15.7. The molecule has 1 atom stereocenters. The molecule has 0 saturated heterocycles. The summed E-state index contributed by atoms with van der Waals surface area (Å²) in [5.41, 5.74) is 0. The SMILES string of the molecule is CC/C=C/C/C=C/C/C=C/CCCCCCCC(=O)OCC(O)CCl. The Bertz CT molecular complexity index is 389. The molecule has 1 unspecified atom stereocenters. The monoisotopic (exact) mass is 370 g/mol. The van der Waals surface area contributed by atoms with Gasteiger partial charge in [-0.25, -0.2) is 0 Å². The third-order valence-electron chi connectivity index (χ3n) is 3.65. The highest BCUT2D eigenvalue weighted by atomic mass is 35.5. The number of esters is 1. The molecule has 0 aliphatic rings. The quantitative estimate of drug-likeness (QED) is 0.163. The zero-order valence-corrected chi connectivity index (χ0v) is 16.4. The van der Waals surface area contributed by atoms with E-state index in [1.54, 1.807) is 0 Å². The van der Waals surface area contributed by atoms with Crippen LogP contribution in [0.2, 0.25) is 0 Å². The zero-order chi connectivity index (χ0) is 18.6. The predicted molar refractivity (Wildman–Crippen MR) is 107 cm³/mol. The van der Waals surface area contributed by atoms with E-state index in [1.165, 1.54) is 12.8 Å². The summed E-state index contributed by atoms with van der Waals surface area (Å²) in [5.74, 6) is -0.153. The Morgan fingerprint density at radius 2 is 1.56 bits per heavy atom. The number of carbonyl (C=O) groups excluding carboxylic acids is 1. The lowest BCUT2D eigenvalue weighted by Crippen LogP contribution is -2.19. The van der Waals surface area contributed by atoms with Crippen molar-refractivity contribution in [2.75, 3.05) is 12.5 Å². The van der Waals surface area contributed by atoms with E-state index in [9.17, 15) is 9.90 Å². The van der Waals surface area contributed by atoms with Gasteiger partial charge in [-0.05, 0) is 38.5 Å². The minimum atomic E-state index is -0.757. The Labute approximate surface area is 158 Å². The van der Waals surface area contributed by atoms with Gasteiger partial charge in [0.1, 0.15) is 12.7 Å². The molecular weight excluding hydrogens is 336 g/mol. The maximum atomic E-state index is 11.4. The van der Waals surface area contributed by atoms with E-state index in [0.717, 1.165) is 44.9 Å². The summed E-state index contributed by atoms with van der Waals surface area (Å²) in [6.45, 7) is 2.15. The summed E-state index contributed by atoms with van der Waals surface area (Å²) in [6, 6.07) is 0. The van der Waals surface area contributed by atoms with Crippen LogP contribution in [-0.2, 0) is 9.53 Å². The molecule has 1 N–H and O–H groups in total. The van der Waals surface area contributed by atoms with Gasteiger partial charge in [0.2, 0.25) is 0 Å². The molecule has 144 valence electrons. The van der Waals surface area contributed by atoms with Crippen molar-refractivity contribution in [3.05, 3.63) is 36.5 Å². The minimum Gasteiger partial charge on any atom is -0.463 e. The first-order chi connectivity index (χ1) is 12.2. The highest BCUT2D eigenvalue weighted by Crippen LogP contribution is 2.08. The third kappa shape index (κ3) is 19.1. The largest absolute Gasteiger partial charge is 0.463 e. The number of alkyl halides is 1. The molecule has 0 aromatic rings. The van der Waals surface area contributed by atoms with E-state index >= 15 is 0 Å². The molecule has 0 heterocycles. The highest BCUT2D eigenvalue weighted by Gasteiger charge is 2.07. The van der Waals surface area contributed by atoms with Crippen molar-refractivity contribution < 1.29 is 14.6 Å². The molecule has 0 bridgehead atoms. The second kappa shape index (κ2) is 19.3. The van der Waals surface area contributed by atoms with E-state index in [4.69, 9.17) is 16.3 Å². The predicted octanol–water partition coefficient (Wildman–Crippen LogP) is 5.72. The van der Waals surface area contributed by atoms with Crippen LogP contribution in [-0.4, -0.2) is 29.7 Å². The fraction of sp³-hybridized carbons (Fsp3) is 0.667. The molecule has 0 amide bonds. The number of unbranched alkanes of at least 4 members (excludes halogenated alkanes) is 5. The number of halogens is 1. The average molecular weight is 371 g/mol. The van der Waals surface area contributed by atoms with Gasteiger partial charge in [-0.15, -0.1) is 11.6 Å². The smallest absolute Gasteiger partial charge is 0.305 e. The first kappa shape index (κ1) is 23.9. The summed E-state index contributed by atoms with van der Waals surface area (Å²) < 4.78 is 4.92. The van der Waals surface area contributed by atoms with Gasteiger partial charge in [0.05, 0.1) is 5.88 Å². The third-order valence-corrected chi connectivity index (χ3v) is 4.00. The van der Waals surface area contributed by atoms with Crippen molar-refractivity contribution in [1.29, 1.82) is 0 Å². The number of carbonyl (C=O) groups is 1. The number of hydrogen-bond acceptors (Lipinski definition) is 3. The summed E-state index contributed by atoms with van der Waals surface area (Å²) in [4.78, 5) is 11.4. The Balaban J connectivity index is 3.34. The lowest BCUT2D eigenvalue weighted by Gasteiger charge is -2.07. The topological polar surface area (TPSA) is 46.5 Å².